The molecule has 4 radical (unpaired) electrons. The minimum Gasteiger partial charge on any atom is -0.486 e. The number of halogens is 2. The summed E-state index contributed by atoms with van der Waals surface area (Å²) in [7, 11) is 0. The maximum atomic E-state index is 6.30. The van der Waals surface area contributed by atoms with Crippen LogP contribution in [0.2, 0.25) is 10.0 Å². The molecule has 15 nitrogen and oxygen atoms in total. The molecule has 12 aromatic carbocycles. The Morgan fingerprint density at radius 1 is 0.475 bits per heavy atom. The molecule has 1 aliphatic rings. The van der Waals surface area contributed by atoms with Gasteiger partial charge >= 0.3 is 0 Å². The summed E-state index contributed by atoms with van der Waals surface area (Å²) in [6, 6.07) is 105. The Morgan fingerprint density at radius 3 is 1.82 bits per heavy atom. The molecule has 1 aliphatic carbocycles. The Kier molecular flexibility index (Phi) is 28.5. The van der Waals surface area contributed by atoms with Crippen molar-refractivity contribution in [2.45, 2.75) is 74.5 Å². The average Bonchev–Trinajstić information content (AvgIpc) is 1.58. The minimum atomic E-state index is -0.332. The smallest absolute Gasteiger partial charge is 0.144 e. The van der Waals surface area contributed by atoms with Gasteiger partial charge in [0.15, 0.2) is 0 Å². The van der Waals surface area contributed by atoms with Crippen LogP contribution in [0.5, 0.6) is 5.75 Å². The number of aryl methyl sites for hydroxylation is 4. The van der Waals surface area contributed by atoms with Gasteiger partial charge in [-0.3, -0.25) is 19.6 Å². The fourth-order valence-corrected chi connectivity index (χ4v) is 15.7. The van der Waals surface area contributed by atoms with Crippen molar-refractivity contribution in [3.05, 3.63) is 373 Å². The molecule has 0 bridgehead atoms. The number of hydrogen-bond acceptors (Lipinski definition) is 9. The summed E-state index contributed by atoms with van der Waals surface area (Å²) in [5, 5.41) is 26.9. The predicted molar refractivity (Wildman–Crippen MR) is 468 cm³/mol. The largest absolute Gasteiger partial charge is 0.486 e. The van der Waals surface area contributed by atoms with Gasteiger partial charge in [0.25, 0.3) is 0 Å². The van der Waals surface area contributed by atoms with Crippen LogP contribution in [-0.2, 0) is 93.4 Å². The van der Waals surface area contributed by atoms with Gasteiger partial charge in [-0.1, -0.05) is 193 Å². The number of aromatic nitrogens is 14. The Hall–Kier alpha value is -11.3. The Morgan fingerprint density at radius 2 is 1.09 bits per heavy atom. The SMILES string of the molecule is C.CC(C)(C)Oc1ccccc1-n1ncnc1-c1[c-]cc(Cl)cc1Cl.CCn1c2ccccc2c2c(-n3cnnc3-c3[c-]cc4ccccc4c3)cccc21.Cc1nnccc1-n1ccnc1-c1[c-]ccc(-n2c(C)ccc2C)c1.[Ir].[Ir].[Ir].[Ir].[c-]1cc2c(cc1-c1nccn1-c1c(-c3ccccc3)cccc1-c1ccccc1)Cc1ccccc1-2. The fourth-order valence-electron chi connectivity index (χ4n) is 15.3. The second-order valence-electron chi connectivity index (χ2n) is 28.9. The van der Waals surface area contributed by atoms with Gasteiger partial charge in [0.2, 0.25) is 0 Å². The van der Waals surface area contributed by atoms with Gasteiger partial charge in [-0.2, -0.15) is 20.4 Å². The molecule has 0 spiro atoms. The van der Waals surface area contributed by atoms with E-state index in [0.29, 0.717) is 27.2 Å². The predicted octanol–water partition coefficient (Wildman–Crippen LogP) is 24.0. The molecule has 0 atom stereocenters. The summed E-state index contributed by atoms with van der Waals surface area (Å²) >= 11 is 12.3. The van der Waals surface area contributed by atoms with E-state index in [-0.39, 0.29) is 93.4 Å². The molecule has 0 unspecified atom stereocenters. The molecule has 606 valence electrons. The number of imidazole rings is 2. The first-order valence-electron chi connectivity index (χ1n) is 38.0. The van der Waals surface area contributed by atoms with Crippen molar-refractivity contribution in [2.75, 3.05) is 0 Å². The first kappa shape index (κ1) is 88.0. The maximum absolute atomic E-state index is 6.30. The van der Waals surface area contributed by atoms with Gasteiger partial charge < -0.3 is 27.6 Å². The van der Waals surface area contributed by atoms with E-state index >= 15 is 0 Å². The molecule has 0 fully saturated rings. The maximum Gasteiger partial charge on any atom is 0.144 e. The van der Waals surface area contributed by atoms with Crippen LogP contribution in [0.25, 0.3) is 140 Å². The zero-order valence-corrected chi connectivity index (χ0v) is 76.7. The summed E-state index contributed by atoms with van der Waals surface area (Å²) in [6.07, 6.45) is 13.6. The summed E-state index contributed by atoms with van der Waals surface area (Å²) in [5.41, 5.74) is 24.0. The molecule has 0 amide bonds. The van der Waals surface area contributed by atoms with E-state index in [1.165, 1.54) is 94.8 Å². The van der Waals surface area contributed by atoms with E-state index in [0.717, 1.165) is 81.3 Å². The Labute approximate surface area is 762 Å². The first-order valence-corrected chi connectivity index (χ1v) is 38.7. The van der Waals surface area contributed by atoms with Crippen molar-refractivity contribution in [3.63, 3.8) is 0 Å². The summed E-state index contributed by atoms with van der Waals surface area (Å²) in [6.45, 7) is 15.3. The molecule has 0 saturated heterocycles. The summed E-state index contributed by atoms with van der Waals surface area (Å²) in [5.74, 6) is 3.81. The number of benzene rings is 12. The minimum absolute atomic E-state index is 0. The van der Waals surface area contributed by atoms with Crippen LogP contribution in [-0.4, -0.2) is 73.6 Å². The van der Waals surface area contributed by atoms with E-state index in [2.05, 4.69) is 311 Å². The quantitative estimate of drug-likeness (QED) is 0.103. The Balaban J connectivity index is 0.000000147. The van der Waals surface area contributed by atoms with Crippen LogP contribution in [0.3, 0.4) is 0 Å². The van der Waals surface area contributed by atoms with Crippen LogP contribution in [0.1, 0.15) is 63.3 Å². The third kappa shape index (κ3) is 18.1. The van der Waals surface area contributed by atoms with Crippen LogP contribution in [0, 0.1) is 45.0 Å². The van der Waals surface area contributed by atoms with Crippen molar-refractivity contribution in [1.82, 2.24) is 68.0 Å². The van der Waals surface area contributed by atoms with E-state index < -0.39 is 0 Å². The molecule has 0 saturated carbocycles. The number of para-hydroxylation sites is 4. The molecule has 120 heavy (non-hydrogen) atoms. The van der Waals surface area contributed by atoms with Crippen LogP contribution >= 0.6 is 23.2 Å². The number of rotatable bonds is 13. The van der Waals surface area contributed by atoms with Gasteiger partial charge in [0.1, 0.15) is 24.0 Å². The molecule has 7 aromatic heterocycles. The van der Waals surface area contributed by atoms with Gasteiger partial charge in [-0.25, -0.2) is 0 Å². The normalized spacial score (nSPS) is 11.0. The molecular weight excluding hydrogens is 2240 g/mol. The standard InChI is InChI=1S/C34H23N2.C26H19N4.C20H18N5.C18H16Cl2N3O.CH4.4Ir/c1-3-10-24(11-4-1)31-16-9-17-32(25-12-5-2-6-13-25)33(31)36-21-20-35-34(36)27-18-19-30-28(23-27)22-26-14-7-8-15-29(26)30;1-2-29-22-11-6-5-10-21(22)25-23(29)12-7-13-24(25)30-17-27-28-26(30)20-15-14-18-8-3-4-9-19(18)16-20;1-14-7-8-15(2)25(14)18-6-4-5-17(13-18)20-21-11-12-24(20)19-9-10-22-23-16(19)3;1-18(2,3)24-16-7-5-4-6-15(16)23-17(21-11-22-23)13-9-8-12(19)10-14(13)20;;;;;/h1-17,19-21,23H,22H2;3-14,16-17H,2H2,1H3;4,6-13H,1-3H3;4-8,10-11H,1-3H3;1H4;;;;/q4*-1;;;;;. The third-order valence-electron chi connectivity index (χ3n) is 20.3. The van der Waals surface area contributed by atoms with E-state index in [1.807, 2.05) is 93.2 Å². The zero-order valence-electron chi connectivity index (χ0n) is 65.6. The van der Waals surface area contributed by atoms with Crippen molar-refractivity contribution in [3.8, 4) is 113 Å². The van der Waals surface area contributed by atoms with Crippen LogP contribution in [0.4, 0.5) is 0 Å². The Bertz CT molecular complexity index is 6680. The number of nitrogens with zero attached hydrogens (tertiary/aromatic N) is 14. The number of ether oxygens (including phenoxy) is 1. The van der Waals surface area contributed by atoms with E-state index in [4.69, 9.17) is 32.9 Å². The zero-order chi connectivity index (χ0) is 78.7. The second kappa shape index (κ2) is 38.9. The molecule has 0 aliphatic heterocycles. The van der Waals surface area contributed by atoms with Gasteiger partial charge in [0, 0.05) is 156 Å². The second-order valence-corrected chi connectivity index (χ2v) is 29.7. The van der Waals surface area contributed by atoms with Crippen molar-refractivity contribution >= 4 is 55.8 Å². The number of hydrogen-bond donors (Lipinski definition) is 0. The van der Waals surface area contributed by atoms with Crippen molar-refractivity contribution < 1.29 is 85.2 Å². The fraction of sp³-hybridized carbons (Fsp3) is 0.111. The monoisotopic (exact) mass is 2320 g/mol. The van der Waals surface area contributed by atoms with E-state index in [1.54, 1.807) is 35.5 Å². The van der Waals surface area contributed by atoms with Crippen LogP contribution in [0.15, 0.2) is 311 Å². The van der Waals surface area contributed by atoms with Gasteiger partial charge in [0.05, 0.1) is 57.8 Å². The third-order valence-corrected chi connectivity index (χ3v) is 20.9. The molecule has 20 rings (SSSR count). The molecule has 7 heterocycles. The van der Waals surface area contributed by atoms with E-state index in [9.17, 15) is 0 Å². The topological polar surface area (TPSA) is 142 Å². The average molecular weight is 2320 g/mol. The van der Waals surface area contributed by atoms with Gasteiger partial charge in [-0.15, -0.1) is 135 Å². The van der Waals surface area contributed by atoms with Gasteiger partial charge in [-0.05, 0) is 136 Å². The summed E-state index contributed by atoms with van der Waals surface area (Å²) < 4.78 is 18.6. The molecule has 21 heteroatoms. The molecular formula is C99H80Cl2Ir4N14O-4. The van der Waals surface area contributed by atoms with Crippen molar-refractivity contribution in [2.24, 2.45) is 0 Å². The molecule has 19 aromatic rings. The summed E-state index contributed by atoms with van der Waals surface area (Å²) in [4.78, 5) is 13.7. The molecule has 0 N–H and O–H groups in total. The first-order chi connectivity index (χ1) is 56.2. The van der Waals surface area contributed by atoms with Crippen molar-refractivity contribution in [1.29, 1.82) is 0 Å². The van der Waals surface area contributed by atoms with Crippen LogP contribution < -0.4 is 4.74 Å². The number of fused-ring (bicyclic) bond motifs is 7.